The van der Waals surface area contributed by atoms with Gasteiger partial charge in [-0.2, -0.15) is 0 Å². The van der Waals surface area contributed by atoms with Crippen LogP contribution in [0, 0.1) is 0 Å². The minimum atomic E-state index is -3.36. The van der Waals surface area contributed by atoms with Gasteiger partial charge in [0.25, 0.3) is 0 Å². The summed E-state index contributed by atoms with van der Waals surface area (Å²) >= 11 is 6.28. The van der Waals surface area contributed by atoms with Crippen molar-refractivity contribution in [3.63, 3.8) is 0 Å². The monoisotopic (exact) mass is 422 g/mol. The summed E-state index contributed by atoms with van der Waals surface area (Å²) in [6, 6.07) is 5.45. The molecule has 0 aliphatic carbocycles. The summed E-state index contributed by atoms with van der Waals surface area (Å²) in [5.74, 6) is 0. The number of benzene rings is 1. The van der Waals surface area contributed by atoms with E-state index in [0.29, 0.717) is 21.3 Å². The van der Waals surface area contributed by atoms with Crippen molar-refractivity contribution >= 4 is 74.7 Å². The number of hydrogen-bond donors (Lipinski definition) is 1. The molecule has 3 rings (SSSR count). The molecule has 1 N–H and O–H groups in total. The van der Waals surface area contributed by atoms with Crippen molar-refractivity contribution in [1.29, 1.82) is 0 Å². The molecule has 0 saturated carbocycles. The minimum Gasteiger partial charge on any atom is -0.390 e. The van der Waals surface area contributed by atoms with E-state index >= 15 is 0 Å². The van der Waals surface area contributed by atoms with Gasteiger partial charge in [0.1, 0.15) is 31.4 Å². The van der Waals surface area contributed by atoms with E-state index in [1.165, 1.54) is 6.26 Å². The second kappa shape index (κ2) is 8.01. The third-order valence-electron chi connectivity index (χ3n) is 5.31. The van der Waals surface area contributed by atoms with Gasteiger partial charge in [-0.1, -0.05) is 33.5 Å². The molecule has 0 fully saturated rings. The van der Waals surface area contributed by atoms with Crippen molar-refractivity contribution in [2.75, 3.05) is 6.26 Å². The Kier molecular flexibility index (Phi) is 5.99. The van der Waals surface area contributed by atoms with Crippen molar-refractivity contribution in [2.24, 2.45) is 0 Å². The summed E-state index contributed by atoms with van der Waals surface area (Å²) in [5.41, 5.74) is 6.99. The lowest BCUT2D eigenvalue weighted by molar-refractivity contribution is 0.277. The predicted octanol–water partition coefficient (Wildman–Crippen LogP) is -3.61. The highest BCUT2D eigenvalue weighted by Gasteiger charge is 2.23. The van der Waals surface area contributed by atoms with Gasteiger partial charge in [-0.3, -0.25) is 9.97 Å². The number of nitrogens with zero attached hydrogens (tertiary/aromatic N) is 2. The first-order valence-electron chi connectivity index (χ1n) is 9.08. The molecule has 0 atom stereocenters. The Morgan fingerprint density at radius 2 is 1.62 bits per heavy atom. The number of pyridine rings is 2. The van der Waals surface area contributed by atoms with Crippen LogP contribution in [-0.4, -0.2) is 61.1 Å². The third kappa shape index (κ3) is 4.02. The van der Waals surface area contributed by atoms with Crippen molar-refractivity contribution in [1.82, 2.24) is 9.97 Å². The Balaban J connectivity index is 2.36. The van der Waals surface area contributed by atoms with Crippen LogP contribution in [-0.2, 0) is 16.4 Å². The van der Waals surface area contributed by atoms with Crippen LogP contribution < -0.4 is 21.9 Å². The van der Waals surface area contributed by atoms with Crippen LogP contribution in [0.2, 0.25) is 5.02 Å². The molecule has 0 bridgehead atoms. The topological polar surface area (TPSA) is 80.2 Å². The highest BCUT2D eigenvalue weighted by atomic mass is 35.5. The molecule has 29 heavy (non-hydrogen) atoms. The normalized spacial score (nSPS) is 11.6. The number of hydrogen-bond acceptors (Lipinski definition) is 5. The van der Waals surface area contributed by atoms with Gasteiger partial charge in [-0.25, -0.2) is 8.42 Å². The highest BCUT2D eigenvalue weighted by Crippen LogP contribution is 2.30. The minimum absolute atomic E-state index is 0.134. The van der Waals surface area contributed by atoms with E-state index in [1.807, 2.05) is 43.5 Å². The zero-order valence-electron chi connectivity index (χ0n) is 17.0. The maximum atomic E-state index is 12.4. The molecular formula is C18H19B4ClN2O3S. The summed E-state index contributed by atoms with van der Waals surface area (Å²) in [4.78, 5) is 9.17. The molecule has 0 spiro atoms. The van der Waals surface area contributed by atoms with Crippen LogP contribution in [0.3, 0.4) is 0 Å². The zero-order valence-corrected chi connectivity index (χ0v) is 18.6. The second-order valence-corrected chi connectivity index (χ2v) is 9.61. The van der Waals surface area contributed by atoms with Crippen LogP contribution in [0.4, 0.5) is 0 Å². The first-order valence-corrected chi connectivity index (χ1v) is 11.4. The Labute approximate surface area is 179 Å². The summed E-state index contributed by atoms with van der Waals surface area (Å²) in [5, 5.41) is 9.74. The van der Waals surface area contributed by atoms with E-state index in [2.05, 4.69) is 9.97 Å². The van der Waals surface area contributed by atoms with Crippen LogP contribution in [0.1, 0.15) is 5.69 Å². The number of aromatic nitrogens is 2. The fourth-order valence-electron chi connectivity index (χ4n) is 3.76. The van der Waals surface area contributed by atoms with E-state index in [4.69, 9.17) is 11.6 Å². The van der Waals surface area contributed by atoms with Crippen LogP contribution >= 0.6 is 11.6 Å². The quantitative estimate of drug-likeness (QED) is 0.440. The summed E-state index contributed by atoms with van der Waals surface area (Å²) < 4.78 is 24.7. The average Bonchev–Trinajstić information content (AvgIpc) is 2.66. The summed E-state index contributed by atoms with van der Waals surface area (Å²) in [6.07, 6.45) is 4.48. The summed E-state index contributed by atoms with van der Waals surface area (Å²) in [7, 11) is 4.14. The van der Waals surface area contributed by atoms with E-state index in [-0.39, 0.29) is 6.61 Å². The number of halogens is 1. The lowest BCUT2D eigenvalue weighted by atomic mass is 9.65. The molecule has 0 radical (unpaired) electrons. The van der Waals surface area contributed by atoms with Gasteiger partial charge >= 0.3 is 0 Å². The van der Waals surface area contributed by atoms with Gasteiger partial charge in [0.15, 0.2) is 9.84 Å². The lowest BCUT2D eigenvalue weighted by Crippen LogP contribution is -2.47. The molecule has 11 heteroatoms. The smallest absolute Gasteiger partial charge is 0.174 e. The molecule has 5 nitrogen and oxygen atoms in total. The molecule has 0 saturated heterocycles. The second-order valence-electron chi connectivity index (χ2n) is 7.22. The molecule has 144 valence electrons. The Hall–Kier alpha value is -2.02. The summed E-state index contributed by atoms with van der Waals surface area (Å²) in [6.45, 7) is -0.134. The maximum absolute atomic E-state index is 12.4. The molecular weight excluding hydrogens is 403 g/mol. The van der Waals surface area contributed by atoms with E-state index in [0.717, 1.165) is 38.5 Å². The Bertz CT molecular complexity index is 1190. The highest BCUT2D eigenvalue weighted by molar-refractivity contribution is 7.91. The number of aliphatic hydroxyl groups is 1. The van der Waals surface area contributed by atoms with Crippen LogP contribution in [0.25, 0.3) is 22.4 Å². The van der Waals surface area contributed by atoms with Crippen molar-refractivity contribution < 1.29 is 13.5 Å². The van der Waals surface area contributed by atoms with Crippen LogP contribution in [0.15, 0.2) is 35.5 Å². The van der Waals surface area contributed by atoms with Crippen molar-refractivity contribution in [3.8, 4) is 22.4 Å². The maximum Gasteiger partial charge on any atom is 0.174 e. The van der Waals surface area contributed by atoms with Gasteiger partial charge in [-0.15, -0.1) is 0 Å². The van der Waals surface area contributed by atoms with Gasteiger partial charge in [0, 0.05) is 29.8 Å². The van der Waals surface area contributed by atoms with E-state index in [9.17, 15) is 13.5 Å². The standard InChI is InChI=1S/C18H19B4ClN2O3S/c1-29(27,28)18-15(21)13(19)12(14(20)16(18)22)11-4-9(23)6-25-17(11)8-2-3-10(7-26)24-5-8/h2-6,26H,7,19-22H2,1H3. The Morgan fingerprint density at radius 1 is 1.00 bits per heavy atom. The molecule has 2 heterocycles. The number of rotatable bonds is 4. The SMILES string of the molecule is Bc1c(B)c(S(C)(=O)=O)c(B)c(B)c1-c1cc(Cl)cnc1-c1ccc(CO)nc1. The van der Waals surface area contributed by atoms with E-state index < -0.39 is 9.84 Å². The lowest BCUT2D eigenvalue weighted by Gasteiger charge is -2.22. The number of sulfone groups is 1. The fourth-order valence-corrected chi connectivity index (χ4v) is 5.33. The van der Waals surface area contributed by atoms with Gasteiger partial charge < -0.3 is 5.11 Å². The van der Waals surface area contributed by atoms with E-state index in [1.54, 1.807) is 18.5 Å². The molecule has 3 aromatic rings. The van der Waals surface area contributed by atoms with Crippen molar-refractivity contribution in [3.05, 3.63) is 41.3 Å². The van der Waals surface area contributed by atoms with Gasteiger partial charge in [0.05, 0.1) is 27.9 Å². The molecule has 0 aliphatic rings. The Morgan fingerprint density at radius 3 is 2.10 bits per heavy atom. The molecule has 0 aliphatic heterocycles. The average molecular weight is 422 g/mol. The molecule has 2 aromatic heterocycles. The first-order chi connectivity index (χ1) is 13.6. The zero-order chi connectivity index (χ0) is 21.5. The van der Waals surface area contributed by atoms with Gasteiger partial charge in [0.2, 0.25) is 0 Å². The van der Waals surface area contributed by atoms with Crippen LogP contribution in [0.5, 0.6) is 0 Å². The molecule has 1 aromatic carbocycles. The van der Waals surface area contributed by atoms with Crippen molar-refractivity contribution in [2.45, 2.75) is 11.5 Å². The fraction of sp³-hybridized carbons (Fsp3) is 0.111. The molecule has 0 amide bonds. The number of aliphatic hydroxyl groups excluding tert-OH is 1. The largest absolute Gasteiger partial charge is 0.390 e. The first kappa shape index (κ1) is 21.7. The molecule has 0 unspecified atom stereocenters. The predicted molar refractivity (Wildman–Crippen MR) is 130 cm³/mol. The van der Waals surface area contributed by atoms with Gasteiger partial charge in [-0.05, 0) is 23.8 Å². The third-order valence-corrected chi connectivity index (χ3v) is 6.87.